The first-order valence-electron chi connectivity index (χ1n) is 5.57. The van der Waals surface area contributed by atoms with Crippen LogP contribution < -0.4 is 4.74 Å². The number of hydrogen-bond donors (Lipinski definition) is 1. The summed E-state index contributed by atoms with van der Waals surface area (Å²) in [4.78, 5) is 11.0. The van der Waals surface area contributed by atoms with Crippen LogP contribution in [0.25, 0.3) is 0 Å². The highest BCUT2D eigenvalue weighted by molar-refractivity contribution is 9.10. The molecule has 0 amide bonds. The van der Waals surface area contributed by atoms with Gasteiger partial charge < -0.3 is 9.84 Å². The predicted octanol–water partition coefficient (Wildman–Crippen LogP) is 5.03. The molecule has 0 unspecified atom stereocenters. The van der Waals surface area contributed by atoms with E-state index in [1.54, 1.807) is 30.3 Å². The van der Waals surface area contributed by atoms with Gasteiger partial charge in [0, 0.05) is 20.1 Å². The summed E-state index contributed by atoms with van der Waals surface area (Å²) in [5.41, 5.74) is 0.795. The lowest BCUT2D eigenvalue weighted by Crippen LogP contribution is -2.01. The van der Waals surface area contributed by atoms with Crippen LogP contribution in [0.5, 0.6) is 5.75 Å². The van der Waals surface area contributed by atoms with Gasteiger partial charge in [0.2, 0.25) is 0 Å². The fourth-order valence-electron chi connectivity index (χ4n) is 1.58. The molecule has 0 aliphatic carbocycles. The number of rotatable bonds is 4. The third-order valence-electron chi connectivity index (χ3n) is 2.61. The molecule has 0 bridgehead atoms. The first kappa shape index (κ1) is 15.2. The number of carbonyl (C=O) groups is 1. The Morgan fingerprint density at radius 1 is 1.20 bits per heavy atom. The van der Waals surface area contributed by atoms with Gasteiger partial charge in [0.05, 0.1) is 5.56 Å². The zero-order valence-corrected chi connectivity index (χ0v) is 13.2. The van der Waals surface area contributed by atoms with Gasteiger partial charge in [0.15, 0.2) is 0 Å². The molecule has 0 fully saturated rings. The molecule has 0 saturated carbocycles. The zero-order chi connectivity index (χ0) is 14.7. The number of ether oxygens (including phenoxy) is 1. The molecule has 0 radical (unpaired) electrons. The lowest BCUT2D eigenvalue weighted by molar-refractivity contribution is 0.0695. The van der Waals surface area contributed by atoms with E-state index in [4.69, 9.17) is 33.0 Å². The summed E-state index contributed by atoms with van der Waals surface area (Å²) in [5.74, 6) is -0.598. The zero-order valence-electron chi connectivity index (χ0n) is 10.1. The summed E-state index contributed by atoms with van der Waals surface area (Å²) >= 11 is 15.2. The van der Waals surface area contributed by atoms with Gasteiger partial charge in [-0.1, -0.05) is 29.3 Å². The summed E-state index contributed by atoms with van der Waals surface area (Å²) in [5, 5.41) is 10.1. The molecular weight excluding hydrogens is 367 g/mol. The molecule has 2 aromatic carbocycles. The number of halogens is 3. The lowest BCUT2D eigenvalue weighted by atomic mass is 10.2. The Morgan fingerprint density at radius 3 is 2.45 bits per heavy atom. The van der Waals surface area contributed by atoms with Crippen molar-refractivity contribution in [3.63, 3.8) is 0 Å². The van der Waals surface area contributed by atoms with Crippen LogP contribution in [0, 0.1) is 0 Å². The Labute approximate surface area is 134 Å². The Kier molecular flexibility index (Phi) is 4.91. The van der Waals surface area contributed by atoms with E-state index in [1.807, 2.05) is 0 Å². The monoisotopic (exact) mass is 374 g/mol. The van der Waals surface area contributed by atoms with E-state index in [1.165, 1.54) is 6.07 Å². The molecule has 104 valence electrons. The molecule has 0 saturated heterocycles. The van der Waals surface area contributed by atoms with Crippen molar-refractivity contribution in [1.29, 1.82) is 0 Å². The SMILES string of the molecule is O=C(O)c1cc(OCc2c(Cl)cccc2Cl)ccc1Br. The number of hydrogen-bond acceptors (Lipinski definition) is 2. The van der Waals surface area contributed by atoms with Crippen molar-refractivity contribution in [2.45, 2.75) is 6.61 Å². The van der Waals surface area contributed by atoms with E-state index in [0.29, 0.717) is 25.8 Å². The number of aromatic carboxylic acids is 1. The van der Waals surface area contributed by atoms with E-state index in [9.17, 15) is 4.79 Å². The number of carboxylic acids is 1. The van der Waals surface area contributed by atoms with Crippen LogP contribution >= 0.6 is 39.1 Å². The van der Waals surface area contributed by atoms with Crippen LogP contribution in [0.1, 0.15) is 15.9 Å². The van der Waals surface area contributed by atoms with E-state index < -0.39 is 5.97 Å². The normalized spacial score (nSPS) is 10.3. The van der Waals surface area contributed by atoms with E-state index in [0.717, 1.165) is 0 Å². The van der Waals surface area contributed by atoms with Crippen LogP contribution in [0.2, 0.25) is 10.0 Å². The number of carboxylic acid groups (broad SMARTS) is 1. The van der Waals surface area contributed by atoms with Crippen molar-refractivity contribution in [3.05, 3.63) is 62.0 Å². The Balaban J connectivity index is 2.19. The van der Waals surface area contributed by atoms with Crippen molar-refractivity contribution in [1.82, 2.24) is 0 Å². The summed E-state index contributed by atoms with van der Waals surface area (Å²) in [6.45, 7) is 0.166. The van der Waals surface area contributed by atoms with E-state index in [2.05, 4.69) is 15.9 Å². The third kappa shape index (κ3) is 3.45. The summed E-state index contributed by atoms with van der Waals surface area (Å²) in [7, 11) is 0. The molecule has 2 rings (SSSR count). The first-order valence-corrected chi connectivity index (χ1v) is 7.12. The fourth-order valence-corrected chi connectivity index (χ4v) is 2.51. The molecule has 0 aliphatic heterocycles. The highest BCUT2D eigenvalue weighted by Gasteiger charge is 2.11. The molecule has 0 aromatic heterocycles. The minimum Gasteiger partial charge on any atom is -0.489 e. The molecule has 2 aromatic rings. The first-order chi connectivity index (χ1) is 9.49. The second-order valence-corrected chi connectivity index (χ2v) is 5.60. The van der Waals surface area contributed by atoms with Crippen LogP contribution in [0.4, 0.5) is 0 Å². The molecule has 3 nitrogen and oxygen atoms in total. The summed E-state index contributed by atoms with van der Waals surface area (Å²) in [6, 6.07) is 9.91. The van der Waals surface area contributed by atoms with Gasteiger partial charge in [-0.3, -0.25) is 0 Å². The second-order valence-electron chi connectivity index (χ2n) is 3.94. The van der Waals surface area contributed by atoms with Gasteiger partial charge in [-0.2, -0.15) is 0 Å². The molecule has 0 spiro atoms. The van der Waals surface area contributed by atoms with Crippen molar-refractivity contribution in [3.8, 4) is 5.75 Å². The third-order valence-corrected chi connectivity index (χ3v) is 4.01. The molecular formula is C14H9BrCl2O3. The Morgan fingerprint density at radius 2 is 1.85 bits per heavy atom. The van der Waals surface area contributed by atoms with Crippen LogP contribution in [-0.2, 0) is 6.61 Å². The quantitative estimate of drug-likeness (QED) is 0.814. The standard InChI is InChI=1S/C14H9BrCl2O3/c15-11-5-4-8(6-9(11)14(18)19)20-7-10-12(16)2-1-3-13(10)17/h1-6H,7H2,(H,18,19). The minimum atomic E-state index is -1.03. The highest BCUT2D eigenvalue weighted by Crippen LogP contribution is 2.27. The molecule has 0 heterocycles. The number of benzene rings is 2. The summed E-state index contributed by atoms with van der Waals surface area (Å²) < 4.78 is 6.04. The Bertz CT molecular complexity index is 639. The van der Waals surface area contributed by atoms with Crippen LogP contribution in [0.15, 0.2) is 40.9 Å². The summed E-state index contributed by atoms with van der Waals surface area (Å²) in [6.07, 6.45) is 0. The average molecular weight is 376 g/mol. The highest BCUT2D eigenvalue weighted by atomic mass is 79.9. The molecule has 0 aliphatic rings. The molecule has 6 heteroatoms. The van der Waals surface area contributed by atoms with Gasteiger partial charge in [-0.15, -0.1) is 0 Å². The van der Waals surface area contributed by atoms with E-state index >= 15 is 0 Å². The van der Waals surface area contributed by atoms with Crippen LogP contribution in [-0.4, -0.2) is 11.1 Å². The van der Waals surface area contributed by atoms with Gasteiger partial charge in [0.1, 0.15) is 12.4 Å². The fraction of sp³-hybridized carbons (Fsp3) is 0.0714. The Hall–Kier alpha value is -1.23. The minimum absolute atomic E-state index is 0.132. The van der Waals surface area contributed by atoms with Gasteiger partial charge >= 0.3 is 5.97 Å². The van der Waals surface area contributed by atoms with Crippen molar-refractivity contribution in [2.75, 3.05) is 0 Å². The van der Waals surface area contributed by atoms with Gasteiger partial charge in [-0.25, -0.2) is 4.79 Å². The van der Waals surface area contributed by atoms with Crippen molar-refractivity contribution >= 4 is 45.1 Å². The van der Waals surface area contributed by atoms with Gasteiger partial charge in [-0.05, 0) is 46.3 Å². The van der Waals surface area contributed by atoms with E-state index in [-0.39, 0.29) is 12.2 Å². The smallest absolute Gasteiger partial charge is 0.336 e. The maximum atomic E-state index is 11.0. The lowest BCUT2D eigenvalue weighted by Gasteiger charge is -2.10. The van der Waals surface area contributed by atoms with Crippen LogP contribution in [0.3, 0.4) is 0 Å². The largest absolute Gasteiger partial charge is 0.489 e. The molecule has 20 heavy (non-hydrogen) atoms. The maximum Gasteiger partial charge on any atom is 0.336 e. The predicted molar refractivity (Wildman–Crippen MR) is 81.9 cm³/mol. The second kappa shape index (κ2) is 6.48. The molecule has 1 N–H and O–H groups in total. The topological polar surface area (TPSA) is 46.5 Å². The maximum absolute atomic E-state index is 11.0. The van der Waals surface area contributed by atoms with Crippen molar-refractivity contribution < 1.29 is 14.6 Å². The molecule has 0 atom stereocenters. The average Bonchev–Trinajstić information content (AvgIpc) is 2.39. The van der Waals surface area contributed by atoms with Crippen molar-refractivity contribution in [2.24, 2.45) is 0 Å². The van der Waals surface area contributed by atoms with Gasteiger partial charge in [0.25, 0.3) is 0 Å².